The lowest BCUT2D eigenvalue weighted by molar-refractivity contribution is -0.108. The van der Waals surface area contributed by atoms with Crippen LogP contribution in [0.4, 0.5) is 5.82 Å². The van der Waals surface area contributed by atoms with E-state index in [2.05, 4.69) is 14.9 Å². The van der Waals surface area contributed by atoms with Gasteiger partial charge in [0, 0.05) is 19.2 Å². The largest absolute Gasteiger partial charge is 0.346 e. The third kappa shape index (κ3) is 2.30. The number of carbonyl (C=O) groups excluding carboxylic acids is 1. The molecular formula is C15H22N4O. The molecule has 2 N–H and O–H groups in total. The van der Waals surface area contributed by atoms with E-state index in [0.29, 0.717) is 12.0 Å². The van der Waals surface area contributed by atoms with Gasteiger partial charge < -0.3 is 15.4 Å². The van der Waals surface area contributed by atoms with E-state index in [9.17, 15) is 4.79 Å². The van der Waals surface area contributed by atoms with E-state index < -0.39 is 0 Å². The molecule has 1 aliphatic heterocycles. The summed E-state index contributed by atoms with van der Waals surface area (Å²) in [6.45, 7) is 3.22. The number of rotatable bonds is 3. The van der Waals surface area contributed by atoms with Crippen LogP contribution in [-0.4, -0.2) is 28.8 Å². The molecule has 0 amide bonds. The summed E-state index contributed by atoms with van der Waals surface area (Å²) in [6.07, 6.45) is 7.10. The summed E-state index contributed by atoms with van der Waals surface area (Å²) in [5.41, 5.74) is 6.85. The molecule has 2 heterocycles. The number of hydrogen-bond acceptors (Lipinski definition) is 5. The predicted molar refractivity (Wildman–Crippen MR) is 77.4 cm³/mol. The molecule has 20 heavy (non-hydrogen) atoms. The first-order chi connectivity index (χ1) is 9.65. The van der Waals surface area contributed by atoms with Gasteiger partial charge in [-0.1, -0.05) is 12.8 Å². The lowest BCUT2D eigenvalue weighted by Gasteiger charge is -2.25. The van der Waals surface area contributed by atoms with Gasteiger partial charge in [0.15, 0.2) is 0 Å². The Balaban J connectivity index is 1.92. The minimum absolute atomic E-state index is 0.0481. The van der Waals surface area contributed by atoms with Crippen LogP contribution >= 0.6 is 0 Å². The SMILES string of the molecule is Cc1nc(CN)cc(N2CC3(CCCC3)CC2C=O)n1. The van der Waals surface area contributed by atoms with Crippen LogP contribution in [0.1, 0.15) is 43.6 Å². The Morgan fingerprint density at radius 2 is 2.20 bits per heavy atom. The molecule has 108 valence electrons. The number of nitrogens with zero attached hydrogens (tertiary/aromatic N) is 3. The molecule has 3 rings (SSSR count). The number of aryl methyl sites for hydroxylation is 1. The molecule has 0 bridgehead atoms. The van der Waals surface area contributed by atoms with Crippen molar-refractivity contribution in [3.63, 3.8) is 0 Å². The molecule has 2 aliphatic rings. The van der Waals surface area contributed by atoms with Gasteiger partial charge in [-0.2, -0.15) is 0 Å². The molecule has 1 saturated heterocycles. The molecule has 1 unspecified atom stereocenters. The molecule has 1 saturated carbocycles. The third-order valence-corrected chi connectivity index (χ3v) is 4.75. The minimum Gasteiger partial charge on any atom is -0.346 e. The second-order valence-electron chi connectivity index (χ2n) is 6.21. The van der Waals surface area contributed by atoms with Gasteiger partial charge >= 0.3 is 0 Å². The van der Waals surface area contributed by atoms with Crippen molar-refractivity contribution in [1.82, 2.24) is 9.97 Å². The molecule has 1 aromatic heterocycles. The molecule has 5 nitrogen and oxygen atoms in total. The monoisotopic (exact) mass is 274 g/mol. The van der Waals surface area contributed by atoms with E-state index in [-0.39, 0.29) is 6.04 Å². The molecule has 1 aromatic rings. The second kappa shape index (κ2) is 5.13. The summed E-state index contributed by atoms with van der Waals surface area (Å²) < 4.78 is 0. The van der Waals surface area contributed by atoms with Crippen molar-refractivity contribution < 1.29 is 4.79 Å². The van der Waals surface area contributed by atoms with E-state index in [1.165, 1.54) is 25.7 Å². The molecule has 2 fully saturated rings. The Kier molecular flexibility index (Phi) is 3.46. The number of hydrogen-bond donors (Lipinski definition) is 1. The van der Waals surface area contributed by atoms with E-state index in [1.807, 2.05) is 13.0 Å². The zero-order valence-corrected chi connectivity index (χ0v) is 12.0. The van der Waals surface area contributed by atoms with Crippen LogP contribution in [0.15, 0.2) is 6.07 Å². The van der Waals surface area contributed by atoms with Crippen LogP contribution in [0, 0.1) is 12.3 Å². The van der Waals surface area contributed by atoms with Crippen molar-refractivity contribution in [3.8, 4) is 0 Å². The van der Waals surface area contributed by atoms with Gasteiger partial charge in [-0.05, 0) is 31.6 Å². The Bertz CT molecular complexity index is 511. The highest BCUT2D eigenvalue weighted by atomic mass is 16.1. The van der Waals surface area contributed by atoms with Crippen molar-refractivity contribution in [2.75, 3.05) is 11.4 Å². The second-order valence-corrected chi connectivity index (χ2v) is 6.21. The van der Waals surface area contributed by atoms with Gasteiger partial charge in [-0.15, -0.1) is 0 Å². The van der Waals surface area contributed by atoms with Crippen LogP contribution in [-0.2, 0) is 11.3 Å². The first-order valence-corrected chi connectivity index (χ1v) is 7.42. The van der Waals surface area contributed by atoms with Crippen molar-refractivity contribution in [1.29, 1.82) is 0 Å². The van der Waals surface area contributed by atoms with Gasteiger partial charge in [-0.25, -0.2) is 9.97 Å². The number of anilines is 1. The van der Waals surface area contributed by atoms with Crippen molar-refractivity contribution in [3.05, 3.63) is 17.6 Å². The van der Waals surface area contributed by atoms with Crippen molar-refractivity contribution in [2.45, 2.75) is 51.6 Å². The number of aromatic nitrogens is 2. The maximum atomic E-state index is 11.5. The Hall–Kier alpha value is -1.49. The molecule has 0 radical (unpaired) electrons. The molecule has 1 aliphatic carbocycles. The van der Waals surface area contributed by atoms with E-state index in [0.717, 1.165) is 36.6 Å². The lowest BCUT2D eigenvalue weighted by Crippen LogP contribution is -2.32. The van der Waals surface area contributed by atoms with Crippen molar-refractivity contribution in [2.24, 2.45) is 11.1 Å². The molecule has 1 atom stereocenters. The fourth-order valence-corrected chi connectivity index (χ4v) is 3.82. The first kappa shape index (κ1) is 13.5. The van der Waals surface area contributed by atoms with Gasteiger partial charge in [-0.3, -0.25) is 0 Å². The Morgan fingerprint density at radius 3 is 2.85 bits per heavy atom. The van der Waals surface area contributed by atoms with Gasteiger partial charge in [0.05, 0.1) is 11.7 Å². The van der Waals surface area contributed by atoms with Crippen LogP contribution in [0.25, 0.3) is 0 Å². The zero-order chi connectivity index (χ0) is 14.2. The maximum absolute atomic E-state index is 11.5. The summed E-state index contributed by atoms with van der Waals surface area (Å²) in [5, 5.41) is 0. The molecule has 1 spiro atoms. The van der Waals surface area contributed by atoms with Crippen LogP contribution in [0.5, 0.6) is 0 Å². The Morgan fingerprint density at radius 1 is 1.45 bits per heavy atom. The van der Waals surface area contributed by atoms with Gasteiger partial charge in [0.2, 0.25) is 0 Å². The molecule has 0 aromatic carbocycles. The van der Waals surface area contributed by atoms with E-state index >= 15 is 0 Å². The van der Waals surface area contributed by atoms with Crippen LogP contribution < -0.4 is 10.6 Å². The molecular weight excluding hydrogens is 252 g/mol. The predicted octanol–water partition coefficient (Wildman–Crippen LogP) is 1.58. The summed E-state index contributed by atoms with van der Waals surface area (Å²) in [7, 11) is 0. The standard InChI is InChI=1S/C15H22N4O/c1-11-17-12(8-16)6-14(18-11)19-10-15(4-2-3-5-15)7-13(19)9-20/h6,9,13H,2-5,7-8,10,16H2,1H3. The van der Waals surface area contributed by atoms with Gasteiger partial charge in [0.1, 0.15) is 17.9 Å². The van der Waals surface area contributed by atoms with E-state index in [4.69, 9.17) is 5.73 Å². The summed E-state index contributed by atoms with van der Waals surface area (Å²) >= 11 is 0. The highest BCUT2D eigenvalue weighted by Crippen LogP contribution is 2.48. The lowest BCUT2D eigenvalue weighted by atomic mass is 9.84. The average Bonchev–Trinajstić information content (AvgIpc) is 3.06. The van der Waals surface area contributed by atoms with Crippen LogP contribution in [0.3, 0.4) is 0 Å². The summed E-state index contributed by atoms with van der Waals surface area (Å²) in [5.74, 6) is 1.58. The summed E-state index contributed by atoms with van der Waals surface area (Å²) in [6, 6.07) is 1.88. The van der Waals surface area contributed by atoms with Crippen LogP contribution in [0.2, 0.25) is 0 Å². The smallest absolute Gasteiger partial charge is 0.142 e. The highest BCUT2D eigenvalue weighted by molar-refractivity contribution is 5.66. The summed E-state index contributed by atoms with van der Waals surface area (Å²) in [4.78, 5) is 22.4. The highest BCUT2D eigenvalue weighted by Gasteiger charge is 2.45. The topological polar surface area (TPSA) is 72.1 Å². The van der Waals surface area contributed by atoms with E-state index in [1.54, 1.807) is 0 Å². The zero-order valence-electron chi connectivity index (χ0n) is 12.0. The minimum atomic E-state index is -0.0481. The third-order valence-electron chi connectivity index (χ3n) is 4.75. The fraction of sp³-hybridized carbons (Fsp3) is 0.667. The maximum Gasteiger partial charge on any atom is 0.142 e. The fourth-order valence-electron chi connectivity index (χ4n) is 3.82. The normalized spacial score (nSPS) is 24.5. The Labute approximate surface area is 119 Å². The average molecular weight is 274 g/mol. The number of aldehydes is 1. The first-order valence-electron chi connectivity index (χ1n) is 7.42. The number of nitrogens with two attached hydrogens (primary N) is 1. The number of carbonyl (C=O) groups is 1. The van der Waals surface area contributed by atoms with Crippen molar-refractivity contribution >= 4 is 12.1 Å². The molecule has 5 heteroatoms. The quantitative estimate of drug-likeness (QED) is 0.847. The van der Waals surface area contributed by atoms with Gasteiger partial charge in [0.25, 0.3) is 0 Å².